The molecule has 96 valence electrons. The van der Waals surface area contributed by atoms with Crippen molar-refractivity contribution < 1.29 is 4.42 Å². The summed E-state index contributed by atoms with van der Waals surface area (Å²) in [5.41, 5.74) is 1.88. The van der Waals surface area contributed by atoms with E-state index >= 15 is 0 Å². The van der Waals surface area contributed by atoms with E-state index < -0.39 is 0 Å². The number of halogens is 1. The number of rotatable bonds is 4. The van der Waals surface area contributed by atoms with Gasteiger partial charge >= 0.3 is 0 Å². The highest BCUT2D eigenvalue weighted by atomic mass is 35.5. The van der Waals surface area contributed by atoms with Crippen molar-refractivity contribution >= 4 is 11.6 Å². The highest BCUT2D eigenvalue weighted by Gasteiger charge is 2.09. The molecule has 0 radical (unpaired) electrons. The Hall–Kier alpha value is -1.39. The van der Waals surface area contributed by atoms with Gasteiger partial charge in [0.2, 0.25) is 11.8 Å². The van der Waals surface area contributed by atoms with Gasteiger partial charge in [0.1, 0.15) is 0 Å². The van der Waals surface area contributed by atoms with E-state index in [-0.39, 0.29) is 0 Å². The average molecular weight is 266 g/mol. The second kappa shape index (κ2) is 5.50. The number of hydrogen-bond acceptors (Lipinski definition) is 4. The van der Waals surface area contributed by atoms with E-state index in [1.54, 1.807) is 0 Å². The smallest absolute Gasteiger partial charge is 0.247 e. The summed E-state index contributed by atoms with van der Waals surface area (Å²) >= 11 is 5.98. The third-order valence-corrected chi connectivity index (χ3v) is 2.96. The highest BCUT2D eigenvalue weighted by molar-refractivity contribution is 6.31. The van der Waals surface area contributed by atoms with E-state index in [4.69, 9.17) is 16.0 Å². The number of benzene rings is 1. The molecule has 0 unspecified atom stereocenters. The molecule has 0 amide bonds. The van der Waals surface area contributed by atoms with Crippen molar-refractivity contribution in [1.82, 2.24) is 15.5 Å². The van der Waals surface area contributed by atoms with Crippen LogP contribution < -0.4 is 5.32 Å². The molecule has 1 aromatic heterocycles. The minimum atomic E-state index is 0.387. The number of hydrogen-bond donors (Lipinski definition) is 1. The molecule has 0 atom stereocenters. The molecule has 0 saturated heterocycles. The van der Waals surface area contributed by atoms with Crippen LogP contribution in [0, 0.1) is 6.92 Å². The first-order chi connectivity index (χ1) is 8.56. The highest BCUT2D eigenvalue weighted by Crippen LogP contribution is 2.23. The maximum atomic E-state index is 5.98. The van der Waals surface area contributed by atoms with Crippen molar-refractivity contribution in [2.75, 3.05) is 0 Å². The first-order valence-electron chi connectivity index (χ1n) is 5.88. The van der Waals surface area contributed by atoms with Crippen LogP contribution in [0.25, 0.3) is 11.5 Å². The Morgan fingerprint density at radius 1 is 1.33 bits per heavy atom. The summed E-state index contributed by atoms with van der Waals surface area (Å²) in [7, 11) is 0. The maximum absolute atomic E-state index is 5.98. The van der Waals surface area contributed by atoms with Crippen molar-refractivity contribution in [3.8, 4) is 11.5 Å². The van der Waals surface area contributed by atoms with Crippen LogP contribution in [0.2, 0.25) is 5.02 Å². The van der Waals surface area contributed by atoms with Gasteiger partial charge in [0.15, 0.2) is 0 Å². The molecule has 4 nitrogen and oxygen atoms in total. The van der Waals surface area contributed by atoms with Gasteiger partial charge in [-0.15, -0.1) is 10.2 Å². The van der Waals surface area contributed by atoms with Crippen LogP contribution >= 0.6 is 11.6 Å². The quantitative estimate of drug-likeness (QED) is 0.922. The summed E-state index contributed by atoms with van der Waals surface area (Å²) < 4.78 is 5.59. The van der Waals surface area contributed by atoms with Crippen molar-refractivity contribution in [3.63, 3.8) is 0 Å². The van der Waals surface area contributed by atoms with Gasteiger partial charge in [-0.3, -0.25) is 0 Å². The summed E-state index contributed by atoms with van der Waals surface area (Å²) in [6.07, 6.45) is 0. The average Bonchev–Trinajstić information content (AvgIpc) is 2.79. The van der Waals surface area contributed by atoms with Gasteiger partial charge in [0.05, 0.1) is 6.54 Å². The fourth-order valence-corrected chi connectivity index (χ4v) is 1.63. The first kappa shape index (κ1) is 13.1. The van der Waals surface area contributed by atoms with Crippen LogP contribution in [0.5, 0.6) is 0 Å². The number of aryl methyl sites for hydroxylation is 1. The lowest BCUT2D eigenvalue weighted by Crippen LogP contribution is -2.21. The Balaban J connectivity index is 2.16. The van der Waals surface area contributed by atoms with Crippen LogP contribution in [0.15, 0.2) is 22.6 Å². The van der Waals surface area contributed by atoms with E-state index in [0.29, 0.717) is 24.4 Å². The van der Waals surface area contributed by atoms with Crippen LogP contribution in [0.1, 0.15) is 25.3 Å². The lowest BCUT2D eigenvalue weighted by atomic mass is 10.1. The van der Waals surface area contributed by atoms with E-state index in [1.165, 1.54) is 0 Å². The minimum absolute atomic E-state index is 0.387. The minimum Gasteiger partial charge on any atom is -0.419 e. The predicted molar refractivity (Wildman–Crippen MR) is 71.5 cm³/mol. The topological polar surface area (TPSA) is 51.0 Å². The lowest BCUT2D eigenvalue weighted by molar-refractivity contribution is 0.459. The Labute approximate surface area is 111 Å². The summed E-state index contributed by atoms with van der Waals surface area (Å²) in [5, 5.41) is 12.0. The molecule has 0 aliphatic heterocycles. The third kappa shape index (κ3) is 3.09. The van der Waals surface area contributed by atoms with Gasteiger partial charge in [0, 0.05) is 16.6 Å². The molecule has 0 saturated carbocycles. The fourth-order valence-electron chi connectivity index (χ4n) is 1.51. The molecular weight excluding hydrogens is 250 g/mol. The van der Waals surface area contributed by atoms with Gasteiger partial charge in [-0.05, 0) is 30.7 Å². The van der Waals surface area contributed by atoms with Crippen LogP contribution in [0.4, 0.5) is 0 Å². The monoisotopic (exact) mass is 265 g/mol. The third-order valence-electron chi connectivity index (χ3n) is 2.53. The number of nitrogens with zero attached hydrogens (tertiary/aromatic N) is 2. The van der Waals surface area contributed by atoms with Gasteiger partial charge < -0.3 is 9.73 Å². The van der Waals surface area contributed by atoms with Crippen molar-refractivity contribution in [1.29, 1.82) is 0 Å². The molecule has 0 aliphatic carbocycles. The number of nitrogens with one attached hydrogen (secondary N) is 1. The second-order valence-corrected chi connectivity index (χ2v) is 4.91. The molecule has 18 heavy (non-hydrogen) atoms. The van der Waals surface area contributed by atoms with Crippen molar-refractivity contribution in [2.45, 2.75) is 33.4 Å². The zero-order chi connectivity index (χ0) is 13.1. The second-order valence-electron chi connectivity index (χ2n) is 4.50. The molecule has 1 heterocycles. The summed E-state index contributed by atoms with van der Waals surface area (Å²) in [6, 6.07) is 6.04. The van der Waals surface area contributed by atoms with Crippen LogP contribution in [-0.2, 0) is 6.54 Å². The van der Waals surface area contributed by atoms with E-state index in [0.717, 1.165) is 16.1 Å². The van der Waals surface area contributed by atoms with Gasteiger partial charge in [-0.2, -0.15) is 0 Å². The van der Waals surface area contributed by atoms with Crippen LogP contribution in [-0.4, -0.2) is 16.2 Å². The Kier molecular flexibility index (Phi) is 3.99. The van der Waals surface area contributed by atoms with E-state index in [1.807, 2.05) is 25.1 Å². The SMILES string of the molecule is Cc1cc(-c2nnc(CNC(C)C)o2)ccc1Cl. The Morgan fingerprint density at radius 2 is 2.11 bits per heavy atom. The summed E-state index contributed by atoms with van der Waals surface area (Å²) in [5.74, 6) is 1.11. The molecule has 0 fully saturated rings. The normalized spacial score (nSPS) is 11.2. The Morgan fingerprint density at radius 3 is 2.78 bits per heavy atom. The molecular formula is C13H16ClN3O. The maximum Gasteiger partial charge on any atom is 0.247 e. The molecule has 0 spiro atoms. The standard InChI is InChI=1S/C13H16ClN3O/c1-8(2)15-7-12-16-17-13(18-12)10-4-5-11(14)9(3)6-10/h4-6,8,15H,7H2,1-3H3. The predicted octanol–water partition coefficient (Wildman–Crippen LogP) is 3.20. The molecule has 2 aromatic rings. The summed E-state index contributed by atoms with van der Waals surface area (Å²) in [4.78, 5) is 0. The first-order valence-corrected chi connectivity index (χ1v) is 6.26. The number of aromatic nitrogens is 2. The molecule has 5 heteroatoms. The van der Waals surface area contributed by atoms with E-state index in [9.17, 15) is 0 Å². The molecule has 2 rings (SSSR count). The van der Waals surface area contributed by atoms with Crippen molar-refractivity contribution in [2.24, 2.45) is 0 Å². The molecule has 0 aliphatic rings. The molecule has 0 bridgehead atoms. The zero-order valence-corrected chi connectivity index (χ0v) is 11.5. The largest absolute Gasteiger partial charge is 0.419 e. The zero-order valence-electron chi connectivity index (χ0n) is 10.7. The summed E-state index contributed by atoms with van der Waals surface area (Å²) in [6.45, 7) is 6.67. The molecule has 1 aromatic carbocycles. The lowest BCUT2D eigenvalue weighted by Gasteiger charge is -2.03. The van der Waals surface area contributed by atoms with E-state index in [2.05, 4.69) is 29.4 Å². The van der Waals surface area contributed by atoms with Crippen molar-refractivity contribution in [3.05, 3.63) is 34.7 Å². The van der Waals surface area contributed by atoms with Gasteiger partial charge in [-0.1, -0.05) is 25.4 Å². The molecule has 1 N–H and O–H groups in total. The van der Waals surface area contributed by atoms with Gasteiger partial charge in [0.25, 0.3) is 0 Å². The Bertz CT molecular complexity index is 537. The van der Waals surface area contributed by atoms with Gasteiger partial charge in [-0.25, -0.2) is 0 Å². The fraction of sp³-hybridized carbons (Fsp3) is 0.385. The van der Waals surface area contributed by atoms with Crippen LogP contribution in [0.3, 0.4) is 0 Å².